The molecule has 1 aromatic heterocycles. The van der Waals surface area contributed by atoms with E-state index in [0.29, 0.717) is 23.1 Å². The Morgan fingerprint density at radius 2 is 2.44 bits per heavy atom. The fourth-order valence-corrected chi connectivity index (χ4v) is 4.16. The van der Waals surface area contributed by atoms with E-state index in [4.69, 9.17) is 5.26 Å². The van der Waals surface area contributed by atoms with E-state index in [1.54, 1.807) is 12.1 Å². The third-order valence-corrected chi connectivity index (χ3v) is 5.35. The van der Waals surface area contributed by atoms with Gasteiger partial charge in [0.25, 0.3) is 5.91 Å². The van der Waals surface area contributed by atoms with Crippen molar-refractivity contribution in [3.8, 4) is 6.07 Å². The molecule has 2 rings (SSSR count). The zero-order valence-corrected chi connectivity index (χ0v) is 11.4. The number of rotatable bonds is 3. The molecule has 1 N–H and O–H groups in total. The van der Waals surface area contributed by atoms with Gasteiger partial charge in [0.1, 0.15) is 11.8 Å². The predicted molar refractivity (Wildman–Crippen MR) is 74.9 cm³/mol. The van der Waals surface area contributed by atoms with Crippen LogP contribution in [0.25, 0.3) is 0 Å². The molecule has 1 unspecified atom stereocenters. The first-order chi connectivity index (χ1) is 8.79. The Morgan fingerprint density at radius 1 is 1.56 bits per heavy atom. The van der Waals surface area contributed by atoms with Gasteiger partial charge in [0.15, 0.2) is 0 Å². The second kappa shape index (κ2) is 6.66. The summed E-state index contributed by atoms with van der Waals surface area (Å²) in [6.45, 7) is 0.679. The lowest BCUT2D eigenvalue weighted by atomic mass is 10.2. The molecule has 2 heterocycles. The highest BCUT2D eigenvalue weighted by atomic mass is 32.2. The van der Waals surface area contributed by atoms with Crippen molar-refractivity contribution in [3.05, 3.63) is 29.6 Å². The molecule has 1 saturated heterocycles. The first-order valence-corrected chi connectivity index (χ1v) is 7.83. The lowest BCUT2D eigenvalue weighted by Gasteiger charge is -2.20. The van der Waals surface area contributed by atoms with Gasteiger partial charge in [-0.3, -0.25) is 4.79 Å². The highest BCUT2D eigenvalue weighted by Gasteiger charge is 2.16. The van der Waals surface area contributed by atoms with Gasteiger partial charge in [0.2, 0.25) is 0 Å². The highest BCUT2D eigenvalue weighted by Crippen LogP contribution is 2.23. The van der Waals surface area contributed by atoms with Crippen LogP contribution in [-0.4, -0.2) is 39.9 Å². The van der Waals surface area contributed by atoms with Crippen molar-refractivity contribution < 1.29 is 4.79 Å². The van der Waals surface area contributed by atoms with Crippen LogP contribution in [0.15, 0.2) is 18.3 Å². The van der Waals surface area contributed by atoms with Gasteiger partial charge < -0.3 is 5.32 Å². The molecule has 1 amide bonds. The Labute approximate surface area is 115 Å². The molecule has 0 saturated carbocycles. The van der Waals surface area contributed by atoms with Crippen LogP contribution in [0.2, 0.25) is 0 Å². The Morgan fingerprint density at radius 3 is 3.06 bits per heavy atom. The number of aromatic nitrogens is 1. The van der Waals surface area contributed by atoms with Crippen molar-refractivity contribution in [3.63, 3.8) is 0 Å². The van der Waals surface area contributed by atoms with E-state index in [1.165, 1.54) is 11.9 Å². The van der Waals surface area contributed by atoms with Crippen molar-refractivity contribution >= 4 is 29.4 Å². The van der Waals surface area contributed by atoms with Gasteiger partial charge in [0, 0.05) is 35.3 Å². The van der Waals surface area contributed by atoms with Crippen LogP contribution in [0, 0.1) is 11.3 Å². The van der Waals surface area contributed by atoms with Gasteiger partial charge in [-0.1, -0.05) is 0 Å². The van der Waals surface area contributed by atoms with Crippen LogP contribution in [0.1, 0.15) is 16.1 Å². The van der Waals surface area contributed by atoms with Crippen LogP contribution in [0.3, 0.4) is 0 Å². The second-order valence-corrected chi connectivity index (χ2v) is 6.38. The van der Waals surface area contributed by atoms with E-state index < -0.39 is 0 Å². The van der Waals surface area contributed by atoms with Gasteiger partial charge in [-0.05, 0) is 12.1 Å². The number of nitrogens with one attached hydrogen (secondary N) is 1. The van der Waals surface area contributed by atoms with E-state index in [2.05, 4.69) is 10.3 Å². The number of thioether (sulfide) groups is 2. The molecule has 1 aliphatic heterocycles. The van der Waals surface area contributed by atoms with Gasteiger partial charge in [-0.15, -0.1) is 0 Å². The molecule has 0 aliphatic carbocycles. The zero-order valence-electron chi connectivity index (χ0n) is 9.76. The molecule has 0 aromatic carbocycles. The first-order valence-electron chi connectivity index (χ1n) is 5.63. The van der Waals surface area contributed by atoms with Crippen molar-refractivity contribution in [1.29, 1.82) is 5.26 Å². The lowest BCUT2D eigenvalue weighted by Crippen LogP contribution is -2.33. The normalized spacial score (nSPS) is 18.9. The van der Waals surface area contributed by atoms with Crippen molar-refractivity contribution in [2.75, 3.05) is 23.8 Å². The summed E-state index contributed by atoms with van der Waals surface area (Å²) in [6, 6.07) is 5.16. The zero-order chi connectivity index (χ0) is 12.8. The molecular formula is C12H13N3OS2. The van der Waals surface area contributed by atoms with Crippen LogP contribution >= 0.6 is 23.5 Å². The van der Waals surface area contributed by atoms with Gasteiger partial charge in [0.05, 0.1) is 5.56 Å². The maximum absolute atomic E-state index is 11.8. The summed E-state index contributed by atoms with van der Waals surface area (Å²) in [5, 5.41) is 12.0. The smallest absolute Gasteiger partial charge is 0.269 e. The molecule has 6 heteroatoms. The number of carbonyl (C=O) groups excluding carboxylic acids is 1. The summed E-state index contributed by atoms with van der Waals surface area (Å²) in [5.41, 5.74) is 0.827. The van der Waals surface area contributed by atoms with Gasteiger partial charge in [-0.2, -0.15) is 28.8 Å². The standard InChI is InChI=1S/C12H13N3OS2/c13-5-9-1-2-11(14-6-9)12(16)15-7-10-8-17-3-4-18-10/h1-2,6,10H,3-4,7-8H2,(H,15,16). The number of amides is 1. The molecule has 1 atom stereocenters. The molecule has 94 valence electrons. The van der Waals surface area contributed by atoms with E-state index in [0.717, 1.165) is 11.5 Å². The van der Waals surface area contributed by atoms with E-state index >= 15 is 0 Å². The molecule has 18 heavy (non-hydrogen) atoms. The topological polar surface area (TPSA) is 65.8 Å². The van der Waals surface area contributed by atoms with E-state index in [1.807, 2.05) is 29.6 Å². The van der Waals surface area contributed by atoms with E-state index in [9.17, 15) is 4.79 Å². The van der Waals surface area contributed by atoms with Crippen LogP contribution in [0.4, 0.5) is 0 Å². The van der Waals surface area contributed by atoms with Crippen LogP contribution in [-0.2, 0) is 0 Å². The highest BCUT2D eigenvalue weighted by molar-refractivity contribution is 8.06. The molecule has 0 radical (unpaired) electrons. The fraction of sp³-hybridized carbons (Fsp3) is 0.417. The van der Waals surface area contributed by atoms with Crippen LogP contribution < -0.4 is 5.32 Å². The Hall–Kier alpha value is -1.19. The quantitative estimate of drug-likeness (QED) is 0.909. The Kier molecular flexibility index (Phi) is 4.90. The molecule has 0 bridgehead atoms. The molecule has 1 aromatic rings. The van der Waals surface area contributed by atoms with Crippen molar-refractivity contribution in [1.82, 2.24) is 10.3 Å². The molecule has 4 nitrogen and oxygen atoms in total. The minimum atomic E-state index is -0.171. The number of nitrogens with zero attached hydrogens (tertiary/aromatic N) is 2. The van der Waals surface area contributed by atoms with Gasteiger partial charge in [-0.25, -0.2) is 4.98 Å². The second-order valence-electron chi connectivity index (χ2n) is 3.82. The summed E-state index contributed by atoms with van der Waals surface area (Å²) in [7, 11) is 0. The monoisotopic (exact) mass is 279 g/mol. The number of pyridine rings is 1. The number of nitriles is 1. The largest absolute Gasteiger partial charge is 0.350 e. The fourth-order valence-electron chi connectivity index (χ4n) is 1.55. The van der Waals surface area contributed by atoms with Crippen molar-refractivity contribution in [2.45, 2.75) is 5.25 Å². The summed E-state index contributed by atoms with van der Waals surface area (Å²) >= 11 is 3.84. The number of hydrogen-bond donors (Lipinski definition) is 1. The third-order valence-electron chi connectivity index (χ3n) is 2.50. The average molecular weight is 279 g/mol. The minimum absolute atomic E-state index is 0.171. The maximum atomic E-state index is 11.8. The number of hydrogen-bond acceptors (Lipinski definition) is 5. The summed E-state index contributed by atoms with van der Waals surface area (Å²) in [5.74, 6) is 3.27. The average Bonchev–Trinajstić information content (AvgIpc) is 2.46. The molecular weight excluding hydrogens is 266 g/mol. The maximum Gasteiger partial charge on any atom is 0.269 e. The first kappa shape index (κ1) is 13.2. The third kappa shape index (κ3) is 3.65. The Bertz CT molecular complexity index is 449. The predicted octanol–water partition coefficient (Wildman–Crippen LogP) is 1.53. The SMILES string of the molecule is N#Cc1ccc(C(=O)NCC2CSCCS2)nc1. The van der Waals surface area contributed by atoms with Gasteiger partial charge >= 0.3 is 0 Å². The van der Waals surface area contributed by atoms with E-state index in [-0.39, 0.29) is 5.91 Å². The minimum Gasteiger partial charge on any atom is -0.350 e. The van der Waals surface area contributed by atoms with Crippen molar-refractivity contribution in [2.24, 2.45) is 0 Å². The lowest BCUT2D eigenvalue weighted by molar-refractivity contribution is 0.0949. The summed E-state index contributed by atoms with van der Waals surface area (Å²) in [4.78, 5) is 15.8. The number of carbonyl (C=O) groups is 1. The summed E-state index contributed by atoms with van der Waals surface area (Å²) in [6.07, 6.45) is 1.42. The Balaban J connectivity index is 1.85. The van der Waals surface area contributed by atoms with Crippen LogP contribution in [0.5, 0.6) is 0 Å². The molecule has 1 fully saturated rings. The molecule has 1 aliphatic rings. The summed E-state index contributed by atoms with van der Waals surface area (Å²) < 4.78 is 0. The molecule has 0 spiro atoms.